The van der Waals surface area contributed by atoms with Crippen LogP contribution in [0.25, 0.3) is 11.0 Å². The number of aromatic nitrogens is 4. The average Bonchev–Trinajstić information content (AvgIpc) is 2.77. The van der Waals surface area contributed by atoms with Crippen molar-refractivity contribution >= 4 is 16.9 Å². The number of hydrogen-bond donors (Lipinski definition) is 2. The van der Waals surface area contributed by atoms with Crippen LogP contribution in [0, 0.1) is 0 Å². The maximum Gasteiger partial charge on any atom is 0.160 e. The third kappa shape index (κ3) is 3.13. The van der Waals surface area contributed by atoms with E-state index in [1.54, 1.807) is 6.20 Å². The quantitative estimate of drug-likeness (QED) is 0.743. The number of H-pyrrole nitrogens is 1. The molecule has 0 radical (unpaired) electrons. The largest absolute Gasteiger partial charge is 0.379 e. The Morgan fingerprint density at radius 1 is 1.41 bits per heavy atom. The summed E-state index contributed by atoms with van der Waals surface area (Å²) in [6.45, 7) is 5.65. The molecule has 92 valence electrons. The van der Waals surface area contributed by atoms with E-state index in [4.69, 9.17) is 4.74 Å². The van der Waals surface area contributed by atoms with Crippen molar-refractivity contribution in [3.05, 3.63) is 12.5 Å². The van der Waals surface area contributed by atoms with Crippen LogP contribution in [0.1, 0.15) is 20.3 Å². The number of ether oxygens (including phenoxy) is 1. The Kier molecular flexibility index (Phi) is 3.87. The molecule has 0 saturated heterocycles. The molecule has 2 N–H and O–H groups in total. The fraction of sp³-hybridized carbons (Fsp3) is 0.545. The highest BCUT2D eigenvalue weighted by atomic mass is 16.5. The Hall–Kier alpha value is -1.69. The molecule has 0 aliphatic carbocycles. The molecule has 6 nitrogen and oxygen atoms in total. The van der Waals surface area contributed by atoms with Gasteiger partial charge in [0.15, 0.2) is 5.65 Å². The van der Waals surface area contributed by atoms with Crippen LogP contribution in [-0.4, -0.2) is 39.4 Å². The van der Waals surface area contributed by atoms with Crippen LogP contribution in [-0.2, 0) is 4.74 Å². The van der Waals surface area contributed by atoms with Gasteiger partial charge in [-0.3, -0.25) is 5.10 Å². The number of hydrogen-bond acceptors (Lipinski definition) is 5. The molecule has 17 heavy (non-hydrogen) atoms. The number of aromatic amines is 1. The topological polar surface area (TPSA) is 75.7 Å². The van der Waals surface area contributed by atoms with Gasteiger partial charge in [0.1, 0.15) is 12.1 Å². The predicted molar refractivity (Wildman–Crippen MR) is 65.9 cm³/mol. The zero-order valence-corrected chi connectivity index (χ0v) is 10.1. The van der Waals surface area contributed by atoms with Crippen LogP contribution >= 0.6 is 0 Å². The van der Waals surface area contributed by atoms with Gasteiger partial charge in [0, 0.05) is 13.2 Å². The predicted octanol–water partition coefficient (Wildman–Crippen LogP) is 1.58. The third-order valence-corrected chi connectivity index (χ3v) is 2.31. The van der Waals surface area contributed by atoms with E-state index in [1.165, 1.54) is 6.33 Å². The van der Waals surface area contributed by atoms with Crippen molar-refractivity contribution < 1.29 is 4.74 Å². The van der Waals surface area contributed by atoms with Gasteiger partial charge in [-0.15, -0.1) is 0 Å². The molecule has 0 aliphatic rings. The molecule has 0 aliphatic heterocycles. The van der Waals surface area contributed by atoms with Gasteiger partial charge >= 0.3 is 0 Å². The monoisotopic (exact) mass is 235 g/mol. The maximum atomic E-state index is 5.46. The van der Waals surface area contributed by atoms with Gasteiger partial charge in [0.05, 0.1) is 17.7 Å². The van der Waals surface area contributed by atoms with Gasteiger partial charge in [-0.05, 0) is 20.3 Å². The standard InChI is InChI=1S/C11H17N5O/c1-8(2)17-5-3-4-12-10-9-6-15-16-11(9)14-7-13-10/h6-8H,3-5H2,1-2H3,(H2,12,13,14,15,16). The number of nitrogens with one attached hydrogen (secondary N) is 2. The molecule has 0 saturated carbocycles. The molecule has 2 heterocycles. The first-order chi connectivity index (χ1) is 8.27. The molecule has 0 fully saturated rings. The number of fused-ring (bicyclic) bond motifs is 1. The Bertz CT molecular complexity index is 468. The van der Waals surface area contributed by atoms with Crippen LogP contribution < -0.4 is 5.32 Å². The number of rotatable bonds is 6. The van der Waals surface area contributed by atoms with Gasteiger partial charge in [-0.1, -0.05) is 0 Å². The lowest BCUT2D eigenvalue weighted by molar-refractivity contribution is 0.0787. The van der Waals surface area contributed by atoms with Crippen LogP contribution in [0.15, 0.2) is 12.5 Å². The number of anilines is 1. The molecule has 0 unspecified atom stereocenters. The molecule has 0 aromatic carbocycles. The van der Waals surface area contributed by atoms with E-state index in [9.17, 15) is 0 Å². The smallest absolute Gasteiger partial charge is 0.160 e. The fourth-order valence-corrected chi connectivity index (χ4v) is 1.50. The van der Waals surface area contributed by atoms with Gasteiger partial charge in [0.2, 0.25) is 0 Å². The molecule has 2 rings (SSSR count). The van der Waals surface area contributed by atoms with Crippen LogP contribution in [0.3, 0.4) is 0 Å². The molecule has 2 aromatic heterocycles. The minimum absolute atomic E-state index is 0.287. The fourth-order valence-electron chi connectivity index (χ4n) is 1.50. The van der Waals surface area contributed by atoms with Crippen LogP contribution in [0.4, 0.5) is 5.82 Å². The van der Waals surface area contributed by atoms with Gasteiger partial charge in [-0.2, -0.15) is 5.10 Å². The van der Waals surface area contributed by atoms with E-state index < -0.39 is 0 Å². The van der Waals surface area contributed by atoms with Gasteiger partial charge < -0.3 is 10.1 Å². The maximum absolute atomic E-state index is 5.46. The molecule has 6 heteroatoms. The summed E-state index contributed by atoms with van der Waals surface area (Å²) in [5, 5.41) is 10.9. The Labute approximate surface area is 99.8 Å². The highest BCUT2D eigenvalue weighted by Crippen LogP contribution is 2.15. The minimum atomic E-state index is 0.287. The lowest BCUT2D eigenvalue weighted by Crippen LogP contribution is -2.10. The summed E-state index contributed by atoms with van der Waals surface area (Å²) in [7, 11) is 0. The molecule has 0 atom stereocenters. The normalized spacial score (nSPS) is 11.2. The summed E-state index contributed by atoms with van der Waals surface area (Å²) in [6.07, 6.45) is 4.48. The number of nitrogens with zero attached hydrogens (tertiary/aromatic N) is 3. The van der Waals surface area contributed by atoms with Crippen molar-refractivity contribution in [1.82, 2.24) is 20.2 Å². The first-order valence-corrected chi connectivity index (χ1v) is 5.77. The van der Waals surface area contributed by atoms with Crippen LogP contribution in [0.5, 0.6) is 0 Å². The summed E-state index contributed by atoms with van der Waals surface area (Å²) in [5.41, 5.74) is 0.751. The molecular weight excluding hydrogens is 218 g/mol. The Morgan fingerprint density at radius 3 is 3.12 bits per heavy atom. The van der Waals surface area contributed by atoms with E-state index in [0.717, 1.165) is 36.4 Å². The second kappa shape index (κ2) is 5.58. The van der Waals surface area contributed by atoms with Crippen LogP contribution in [0.2, 0.25) is 0 Å². The SMILES string of the molecule is CC(C)OCCCNc1ncnc2[nH]ncc12. The highest BCUT2D eigenvalue weighted by Gasteiger charge is 2.03. The summed E-state index contributed by atoms with van der Waals surface area (Å²) < 4.78 is 5.46. The van der Waals surface area contributed by atoms with Gasteiger partial charge in [-0.25, -0.2) is 9.97 Å². The summed E-state index contributed by atoms with van der Waals surface area (Å²) in [6, 6.07) is 0. The summed E-state index contributed by atoms with van der Waals surface area (Å²) in [5.74, 6) is 0.813. The molecule has 0 amide bonds. The van der Waals surface area contributed by atoms with Crippen molar-refractivity contribution in [2.75, 3.05) is 18.5 Å². The zero-order chi connectivity index (χ0) is 12.1. The molecule has 2 aromatic rings. The minimum Gasteiger partial charge on any atom is -0.379 e. The first kappa shape index (κ1) is 11.8. The third-order valence-electron chi connectivity index (χ3n) is 2.31. The molecule has 0 bridgehead atoms. The lowest BCUT2D eigenvalue weighted by atomic mass is 10.3. The summed E-state index contributed by atoms with van der Waals surface area (Å²) >= 11 is 0. The van der Waals surface area contributed by atoms with Crippen molar-refractivity contribution in [3.8, 4) is 0 Å². The van der Waals surface area contributed by atoms with Crippen molar-refractivity contribution in [3.63, 3.8) is 0 Å². The summed E-state index contributed by atoms with van der Waals surface area (Å²) in [4.78, 5) is 8.26. The first-order valence-electron chi connectivity index (χ1n) is 5.77. The van der Waals surface area contributed by atoms with Gasteiger partial charge in [0.25, 0.3) is 0 Å². The van der Waals surface area contributed by atoms with E-state index in [1.807, 2.05) is 13.8 Å². The second-order valence-corrected chi connectivity index (χ2v) is 4.05. The van der Waals surface area contributed by atoms with E-state index in [2.05, 4.69) is 25.5 Å². The van der Waals surface area contributed by atoms with Crippen molar-refractivity contribution in [1.29, 1.82) is 0 Å². The highest BCUT2D eigenvalue weighted by molar-refractivity contribution is 5.85. The Balaban J connectivity index is 1.84. The van der Waals surface area contributed by atoms with E-state index in [-0.39, 0.29) is 6.10 Å². The average molecular weight is 235 g/mol. The van der Waals surface area contributed by atoms with Crippen molar-refractivity contribution in [2.24, 2.45) is 0 Å². The lowest BCUT2D eigenvalue weighted by Gasteiger charge is -2.08. The van der Waals surface area contributed by atoms with Crippen molar-refractivity contribution in [2.45, 2.75) is 26.4 Å². The Morgan fingerprint density at radius 2 is 2.29 bits per heavy atom. The van der Waals surface area contributed by atoms with E-state index in [0.29, 0.717) is 0 Å². The zero-order valence-electron chi connectivity index (χ0n) is 10.1. The molecular formula is C11H17N5O. The second-order valence-electron chi connectivity index (χ2n) is 4.05. The van der Waals surface area contributed by atoms with E-state index >= 15 is 0 Å². The molecule has 0 spiro atoms.